The zero-order valence-corrected chi connectivity index (χ0v) is 10.5. The molecule has 0 radical (unpaired) electrons. The van der Waals surface area contributed by atoms with Crippen LogP contribution >= 0.6 is 0 Å². The van der Waals surface area contributed by atoms with Crippen LogP contribution in [0.25, 0.3) is 0 Å². The van der Waals surface area contributed by atoms with Gasteiger partial charge in [-0.25, -0.2) is 0 Å². The number of fused-ring (bicyclic) bond motifs is 1. The average Bonchev–Trinajstić information content (AvgIpc) is 2.43. The van der Waals surface area contributed by atoms with Crippen molar-refractivity contribution in [3.8, 4) is 5.75 Å². The average molecular weight is 281 g/mol. The highest BCUT2D eigenvalue weighted by atomic mass is 16.6. The number of aldehydes is 1. The molecule has 2 rings (SSSR count). The Labute approximate surface area is 112 Å². The first-order chi connectivity index (χ1) is 9.51. The van der Waals surface area contributed by atoms with E-state index in [9.17, 15) is 25.0 Å². The van der Waals surface area contributed by atoms with Crippen LogP contribution in [0.5, 0.6) is 5.75 Å². The van der Waals surface area contributed by atoms with E-state index in [1.165, 1.54) is 0 Å². The van der Waals surface area contributed by atoms with Gasteiger partial charge in [0.2, 0.25) is 0 Å². The topological polar surface area (TPSA) is 125 Å². The molecule has 0 saturated carbocycles. The van der Waals surface area contributed by atoms with Crippen molar-refractivity contribution in [3.05, 3.63) is 31.9 Å². The second-order valence-corrected chi connectivity index (χ2v) is 4.21. The molecule has 0 saturated heterocycles. The standard InChI is InChI=1S/C11H11N3O6/c1-20-11-8(13(16)17)4-7-9(10(11)14(18)19)6(5-15)2-3-12-7/h4-6,12H,2-3H2,1H3. The number of benzene rings is 1. The predicted molar refractivity (Wildman–Crippen MR) is 68.2 cm³/mol. The number of nitrogens with zero attached hydrogens (tertiary/aromatic N) is 2. The Kier molecular flexibility index (Phi) is 3.51. The van der Waals surface area contributed by atoms with Gasteiger partial charge in [0, 0.05) is 12.6 Å². The Morgan fingerprint density at radius 3 is 2.60 bits per heavy atom. The Morgan fingerprint density at radius 1 is 1.40 bits per heavy atom. The van der Waals surface area contributed by atoms with Crippen LogP contribution in [0.1, 0.15) is 17.9 Å². The summed E-state index contributed by atoms with van der Waals surface area (Å²) in [5.41, 5.74) is -0.663. The lowest BCUT2D eigenvalue weighted by Gasteiger charge is -2.23. The maximum atomic E-state index is 11.2. The summed E-state index contributed by atoms with van der Waals surface area (Å²) in [7, 11) is 1.12. The molecule has 0 fully saturated rings. The van der Waals surface area contributed by atoms with Crippen molar-refractivity contribution in [2.45, 2.75) is 12.3 Å². The Bertz CT molecular complexity index is 600. The van der Waals surface area contributed by atoms with Crippen molar-refractivity contribution in [2.24, 2.45) is 0 Å². The molecule has 20 heavy (non-hydrogen) atoms. The molecule has 0 bridgehead atoms. The van der Waals surface area contributed by atoms with Gasteiger partial charge in [0.25, 0.3) is 5.75 Å². The quantitative estimate of drug-likeness (QED) is 0.504. The number of carbonyl (C=O) groups excluding carboxylic acids is 1. The van der Waals surface area contributed by atoms with E-state index in [4.69, 9.17) is 4.74 Å². The molecule has 9 nitrogen and oxygen atoms in total. The van der Waals surface area contributed by atoms with Gasteiger partial charge in [0.15, 0.2) is 0 Å². The highest BCUT2D eigenvalue weighted by molar-refractivity contribution is 5.81. The van der Waals surface area contributed by atoms with Gasteiger partial charge in [0.05, 0.1) is 34.1 Å². The van der Waals surface area contributed by atoms with Crippen LogP contribution in [-0.4, -0.2) is 29.8 Å². The molecule has 1 unspecified atom stereocenters. The number of carbonyl (C=O) groups is 1. The lowest BCUT2D eigenvalue weighted by Crippen LogP contribution is -2.20. The van der Waals surface area contributed by atoms with Gasteiger partial charge in [-0.1, -0.05) is 0 Å². The molecule has 1 aliphatic heterocycles. The molecule has 1 atom stereocenters. The zero-order valence-electron chi connectivity index (χ0n) is 10.5. The smallest absolute Gasteiger partial charge is 0.324 e. The molecular formula is C11H11N3O6. The van der Waals surface area contributed by atoms with Gasteiger partial charge in [-0.2, -0.15) is 0 Å². The van der Waals surface area contributed by atoms with Crippen LogP contribution in [0.15, 0.2) is 6.07 Å². The molecule has 0 amide bonds. The fourth-order valence-electron chi connectivity index (χ4n) is 2.33. The first kappa shape index (κ1) is 13.7. The molecule has 1 N–H and O–H groups in total. The van der Waals surface area contributed by atoms with Crippen LogP contribution in [0.2, 0.25) is 0 Å². The van der Waals surface area contributed by atoms with Crippen molar-refractivity contribution in [1.82, 2.24) is 0 Å². The molecule has 1 aromatic rings. The number of nitrogens with one attached hydrogen (secondary N) is 1. The van der Waals surface area contributed by atoms with E-state index in [1.54, 1.807) is 0 Å². The van der Waals surface area contributed by atoms with E-state index in [1.807, 2.05) is 0 Å². The molecule has 1 heterocycles. The van der Waals surface area contributed by atoms with Crippen molar-refractivity contribution < 1.29 is 19.4 Å². The van der Waals surface area contributed by atoms with Gasteiger partial charge >= 0.3 is 11.4 Å². The lowest BCUT2D eigenvalue weighted by atomic mass is 9.90. The largest absolute Gasteiger partial charge is 0.485 e. The molecule has 0 aromatic heterocycles. The number of nitro groups is 2. The van der Waals surface area contributed by atoms with E-state index in [0.29, 0.717) is 19.3 Å². The van der Waals surface area contributed by atoms with Gasteiger partial charge in [0.1, 0.15) is 6.29 Å². The summed E-state index contributed by atoms with van der Waals surface area (Å²) in [5, 5.41) is 25.1. The highest BCUT2D eigenvalue weighted by Crippen LogP contribution is 2.48. The summed E-state index contributed by atoms with van der Waals surface area (Å²) in [6.45, 7) is 0.414. The predicted octanol–water partition coefficient (Wildman–Crippen LogP) is 1.61. The van der Waals surface area contributed by atoms with Gasteiger partial charge in [-0.05, 0) is 6.42 Å². The summed E-state index contributed by atoms with van der Waals surface area (Å²) < 4.78 is 4.83. The monoisotopic (exact) mass is 281 g/mol. The summed E-state index contributed by atoms with van der Waals surface area (Å²) in [6.07, 6.45) is 0.996. The second kappa shape index (κ2) is 5.11. The zero-order chi connectivity index (χ0) is 14.9. The molecule has 9 heteroatoms. The van der Waals surface area contributed by atoms with Crippen LogP contribution < -0.4 is 10.1 Å². The maximum absolute atomic E-state index is 11.2. The third-order valence-electron chi connectivity index (χ3n) is 3.16. The van der Waals surface area contributed by atoms with E-state index in [0.717, 1.165) is 13.2 Å². The number of nitro benzene ring substituents is 2. The summed E-state index contributed by atoms with van der Waals surface area (Å²) in [5.74, 6) is -1.12. The van der Waals surface area contributed by atoms with Gasteiger partial charge in [-0.15, -0.1) is 0 Å². The van der Waals surface area contributed by atoms with Crippen LogP contribution in [0.4, 0.5) is 17.1 Å². The maximum Gasteiger partial charge on any atom is 0.324 e. The van der Waals surface area contributed by atoms with Gasteiger partial charge < -0.3 is 14.8 Å². The summed E-state index contributed by atoms with van der Waals surface area (Å²) in [6, 6.07) is 1.16. The first-order valence-electron chi connectivity index (χ1n) is 5.74. The third-order valence-corrected chi connectivity index (χ3v) is 3.16. The Morgan fingerprint density at radius 2 is 2.10 bits per heavy atom. The number of methoxy groups -OCH3 is 1. The van der Waals surface area contributed by atoms with Crippen molar-refractivity contribution in [1.29, 1.82) is 0 Å². The van der Waals surface area contributed by atoms with E-state index in [-0.39, 0.29) is 11.3 Å². The number of hydrogen-bond acceptors (Lipinski definition) is 7. The SMILES string of the molecule is COc1c([N+](=O)[O-])cc2c(c1[N+](=O)[O-])C(C=O)CCN2. The molecule has 1 aliphatic rings. The number of ether oxygens (including phenoxy) is 1. The van der Waals surface area contributed by atoms with E-state index >= 15 is 0 Å². The minimum Gasteiger partial charge on any atom is -0.485 e. The minimum absolute atomic E-state index is 0.138. The van der Waals surface area contributed by atoms with Crippen molar-refractivity contribution in [3.63, 3.8) is 0 Å². The number of hydrogen-bond donors (Lipinski definition) is 1. The Hall–Kier alpha value is -2.71. The summed E-state index contributed by atoms with van der Waals surface area (Å²) >= 11 is 0. The van der Waals surface area contributed by atoms with Gasteiger partial charge in [-0.3, -0.25) is 20.2 Å². The third kappa shape index (κ3) is 2.02. The Balaban J connectivity index is 2.83. The fourth-order valence-corrected chi connectivity index (χ4v) is 2.33. The van der Waals surface area contributed by atoms with Crippen LogP contribution in [0, 0.1) is 20.2 Å². The fraction of sp³-hybridized carbons (Fsp3) is 0.364. The molecule has 0 aliphatic carbocycles. The first-order valence-corrected chi connectivity index (χ1v) is 5.74. The number of anilines is 1. The van der Waals surface area contributed by atoms with Crippen molar-refractivity contribution in [2.75, 3.05) is 19.0 Å². The highest BCUT2D eigenvalue weighted by Gasteiger charge is 2.37. The van der Waals surface area contributed by atoms with Crippen LogP contribution in [-0.2, 0) is 4.79 Å². The lowest BCUT2D eigenvalue weighted by molar-refractivity contribution is -0.396. The number of rotatable bonds is 4. The summed E-state index contributed by atoms with van der Waals surface area (Å²) in [4.78, 5) is 31.8. The normalized spacial score (nSPS) is 16.8. The molecule has 106 valence electrons. The van der Waals surface area contributed by atoms with E-state index < -0.39 is 32.9 Å². The van der Waals surface area contributed by atoms with Crippen LogP contribution in [0.3, 0.4) is 0 Å². The minimum atomic E-state index is -0.756. The molecule has 0 spiro atoms. The van der Waals surface area contributed by atoms with E-state index in [2.05, 4.69) is 5.32 Å². The van der Waals surface area contributed by atoms with Crippen molar-refractivity contribution >= 4 is 23.3 Å². The molecular weight excluding hydrogens is 270 g/mol. The molecule has 1 aromatic carbocycles. The second-order valence-electron chi connectivity index (χ2n) is 4.21.